The van der Waals surface area contributed by atoms with Crippen molar-refractivity contribution in [3.05, 3.63) is 119 Å². The van der Waals surface area contributed by atoms with Crippen LogP contribution in [0.2, 0.25) is 5.02 Å². The standard InChI is InChI=1S/C29H24ClFN2O3S/c30-21-11-15-23(16-12-21)37-27-8-4-3-7-26(27)33-28(34)19-36-29(35)24-5-1-2-6-25(24)32-18-17-20-9-13-22(31)14-10-20/h1-16,32H,17-19H2,(H,33,34). The highest BCUT2D eigenvalue weighted by molar-refractivity contribution is 7.99. The fraction of sp³-hybridized carbons (Fsp3) is 0.103. The number of ether oxygens (including phenoxy) is 1. The van der Waals surface area contributed by atoms with E-state index in [4.69, 9.17) is 16.3 Å². The van der Waals surface area contributed by atoms with Crippen molar-refractivity contribution in [2.24, 2.45) is 0 Å². The molecular weight excluding hydrogens is 511 g/mol. The zero-order chi connectivity index (χ0) is 26.0. The predicted octanol–water partition coefficient (Wildman–Crippen LogP) is 7.08. The van der Waals surface area contributed by atoms with E-state index >= 15 is 0 Å². The molecular formula is C29H24ClFN2O3S. The second kappa shape index (κ2) is 12.9. The number of carbonyl (C=O) groups excluding carboxylic acids is 2. The van der Waals surface area contributed by atoms with Crippen LogP contribution in [0.15, 0.2) is 107 Å². The minimum Gasteiger partial charge on any atom is -0.452 e. The third-order valence-corrected chi connectivity index (χ3v) is 6.66. The van der Waals surface area contributed by atoms with Crippen LogP contribution >= 0.6 is 23.4 Å². The van der Waals surface area contributed by atoms with Crippen molar-refractivity contribution in [2.75, 3.05) is 23.8 Å². The minimum atomic E-state index is -0.608. The molecule has 0 heterocycles. The Hall–Kier alpha value is -3.81. The predicted molar refractivity (Wildman–Crippen MR) is 146 cm³/mol. The molecule has 1 amide bonds. The molecule has 0 unspecified atom stereocenters. The normalized spacial score (nSPS) is 10.5. The SMILES string of the molecule is O=C(COC(=O)c1ccccc1NCCc1ccc(F)cc1)Nc1ccccc1Sc1ccc(Cl)cc1. The number of hydrogen-bond donors (Lipinski definition) is 2. The maximum Gasteiger partial charge on any atom is 0.340 e. The fourth-order valence-electron chi connectivity index (χ4n) is 3.49. The second-order valence-electron chi connectivity index (χ2n) is 8.03. The summed E-state index contributed by atoms with van der Waals surface area (Å²) in [4.78, 5) is 27.1. The smallest absolute Gasteiger partial charge is 0.340 e. The summed E-state index contributed by atoms with van der Waals surface area (Å²) < 4.78 is 18.4. The highest BCUT2D eigenvalue weighted by Gasteiger charge is 2.15. The first kappa shape index (κ1) is 26.3. The molecule has 5 nitrogen and oxygen atoms in total. The van der Waals surface area contributed by atoms with Gasteiger partial charge in [-0.2, -0.15) is 0 Å². The second-order valence-corrected chi connectivity index (χ2v) is 9.58. The van der Waals surface area contributed by atoms with E-state index in [0.717, 1.165) is 15.4 Å². The molecule has 0 aliphatic carbocycles. The molecule has 4 aromatic rings. The van der Waals surface area contributed by atoms with Crippen LogP contribution in [0.4, 0.5) is 15.8 Å². The molecule has 0 spiro atoms. The first-order valence-corrected chi connectivity index (χ1v) is 12.7. The summed E-state index contributed by atoms with van der Waals surface area (Å²) in [5.41, 5.74) is 2.51. The molecule has 0 saturated heterocycles. The van der Waals surface area contributed by atoms with Crippen molar-refractivity contribution in [1.82, 2.24) is 0 Å². The molecule has 0 atom stereocenters. The zero-order valence-electron chi connectivity index (χ0n) is 19.7. The summed E-state index contributed by atoms with van der Waals surface area (Å²) in [6.07, 6.45) is 0.652. The van der Waals surface area contributed by atoms with Gasteiger partial charge in [0.15, 0.2) is 6.61 Å². The van der Waals surface area contributed by atoms with Crippen molar-refractivity contribution in [1.29, 1.82) is 0 Å². The average molecular weight is 535 g/mol. The minimum absolute atomic E-state index is 0.280. The number of esters is 1. The van der Waals surface area contributed by atoms with Crippen LogP contribution in [0.5, 0.6) is 0 Å². The third kappa shape index (κ3) is 7.84. The largest absolute Gasteiger partial charge is 0.452 e. The van der Waals surface area contributed by atoms with Crippen LogP contribution in [-0.2, 0) is 16.0 Å². The number of para-hydroxylation sites is 2. The Kier molecular flexibility index (Phi) is 9.18. The summed E-state index contributed by atoms with van der Waals surface area (Å²) in [5.74, 6) is -1.33. The van der Waals surface area contributed by atoms with Crippen molar-refractivity contribution in [3.63, 3.8) is 0 Å². The fourth-order valence-corrected chi connectivity index (χ4v) is 4.52. The van der Waals surface area contributed by atoms with Gasteiger partial charge in [0.05, 0.1) is 11.3 Å². The summed E-state index contributed by atoms with van der Waals surface area (Å²) in [6, 6.07) is 28.0. The van der Waals surface area contributed by atoms with E-state index < -0.39 is 18.5 Å². The number of anilines is 2. The van der Waals surface area contributed by atoms with Gasteiger partial charge in [0.1, 0.15) is 5.82 Å². The topological polar surface area (TPSA) is 67.4 Å². The lowest BCUT2D eigenvalue weighted by Gasteiger charge is -2.13. The highest BCUT2D eigenvalue weighted by atomic mass is 35.5. The van der Waals surface area contributed by atoms with Gasteiger partial charge in [0, 0.05) is 27.0 Å². The lowest BCUT2D eigenvalue weighted by atomic mass is 10.1. The molecule has 0 bridgehead atoms. The van der Waals surface area contributed by atoms with Crippen molar-refractivity contribution >= 4 is 46.6 Å². The molecule has 0 fully saturated rings. The van der Waals surface area contributed by atoms with E-state index in [2.05, 4.69) is 10.6 Å². The van der Waals surface area contributed by atoms with Crippen LogP contribution in [0.1, 0.15) is 15.9 Å². The number of nitrogens with one attached hydrogen (secondary N) is 2. The van der Waals surface area contributed by atoms with E-state index in [1.165, 1.54) is 23.9 Å². The van der Waals surface area contributed by atoms with Crippen molar-refractivity contribution in [3.8, 4) is 0 Å². The number of halogens is 2. The summed E-state index contributed by atoms with van der Waals surface area (Å²) in [7, 11) is 0. The van der Waals surface area contributed by atoms with Gasteiger partial charge in [0.25, 0.3) is 5.91 Å². The van der Waals surface area contributed by atoms with E-state index in [0.29, 0.717) is 34.9 Å². The Bertz CT molecular complexity index is 1360. The Labute approximate surface area is 224 Å². The molecule has 0 radical (unpaired) electrons. The van der Waals surface area contributed by atoms with Gasteiger partial charge in [-0.25, -0.2) is 9.18 Å². The average Bonchev–Trinajstić information content (AvgIpc) is 2.91. The maximum absolute atomic E-state index is 13.1. The summed E-state index contributed by atoms with van der Waals surface area (Å²) in [6.45, 7) is 0.112. The highest BCUT2D eigenvalue weighted by Crippen LogP contribution is 2.33. The van der Waals surface area contributed by atoms with Gasteiger partial charge in [-0.05, 0) is 72.6 Å². The molecule has 0 aliphatic rings. The number of hydrogen-bond acceptors (Lipinski definition) is 5. The monoisotopic (exact) mass is 534 g/mol. The van der Waals surface area contributed by atoms with E-state index in [1.807, 2.05) is 30.3 Å². The van der Waals surface area contributed by atoms with E-state index in [-0.39, 0.29) is 5.82 Å². The first-order chi connectivity index (χ1) is 18.0. The maximum atomic E-state index is 13.1. The number of amides is 1. The Morgan fingerprint density at radius 2 is 1.51 bits per heavy atom. The van der Waals surface area contributed by atoms with Crippen LogP contribution < -0.4 is 10.6 Å². The van der Waals surface area contributed by atoms with Gasteiger partial charge in [-0.1, -0.05) is 59.8 Å². The Morgan fingerprint density at radius 3 is 2.27 bits per heavy atom. The van der Waals surface area contributed by atoms with Crippen molar-refractivity contribution in [2.45, 2.75) is 16.2 Å². The Morgan fingerprint density at radius 1 is 0.838 bits per heavy atom. The third-order valence-electron chi connectivity index (χ3n) is 5.33. The lowest BCUT2D eigenvalue weighted by molar-refractivity contribution is -0.119. The van der Waals surface area contributed by atoms with Crippen LogP contribution in [-0.4, -0.2) is 25.0 Å². The summed E-state index contributed by atoms with van der Waals surface area (Å²) in [5, 5.41) is 6.68. The molecule has 0 aliphatic heterocycles. The molecule has 0 aromatic heterocycles. The van der Waals surface area contributed by atoms with Crippen LogP contribution in [0.25, 0.3) is 0 Å². The molecule has 0 saturated carbocycles. The number of benzene rings is 4. The van der Waals surface area contributed by atoms with Crippen LogP contribution in [0.3, 0.4) is 0 Å². The summed E-state index contributed by atoms with van der Waals surface area (Å²) >= 11 is 7.45. The molecule has 4 rings (SSSR count). The van der Waals surface area contributed by atoms with Crippen LogP contribution in [0, 0.1) is 5.82 Å². The zero-order valence-corrected chi connectivity index (χ0v) is 21.3. The van der Waals surface area contributed by atoms with Gasteiger partial charge >= 0.3 is 5.97 Å². The Balaban J connectivity index is 1.31. The van der Waals surface area contributed by atoms with E-state index in [1.54, 1.807) is 54.6 Å². The molecule has 37 heavy (non-hydrogen) atoms. The number of carbonyl (C=O) groups is 2. The van der Waals surface area contributed by atoms with Gasteiger partial charge < -0.3 is 15.4 Å². The molecule has 2 N–H and O–H groups in total. The van der Waals surface area contributed by atoms with Crippen molar-refractivity contribution < 1.29 is 18.7 Å². The first-order valence-electron chi connectivity index (χ1n) is 11.5. The molecule has 188 valence electrons. The quantitative estimate of drug-likeness (QED) is 0.213. The molecule has 4 aromatic carbocycles. The van der Waals surface area contributed by atoms with Gasteiger partial charge in [-0.15, -0.1) is 0 Å². The van der Waals surface area contributed by atoms with Gasteiger partial charge in [-0.3, -0.25) is 4.79 Å². The van der Waals surface area contributed by atoms with E-state index in [9.17, 15) is 14.0 Å². The lowest BCUT2D eigenvalue weighted by Crippen LogP contribution is -2.21. The molecule has 8 heteroatoms. The van der Waals surface area contributed by atoms with Gasteiger partial charge in [0.2, 0.25) is 0 Å². The number of rotatable bonds is 10.